The smallest absolute Gasteiger partial charge is 0.240 e. The summed E-state index contributed by atoms with van der Waals surface area (Å²) in [6.07, 6.45) is 1.62. The summed E-state index contributed by atoms with van der Waals surface area (Å²) >= 11 is 0. The first-order chi connectivity index (χ1) is 8.49. The molecule has 0 fully saturated rings. The Labute approximate surface area is 106 Å². The molecule has 0 saturated heterocycles. The molecule has 1 aromatic heterocycles. The molecule has 0 saturated carbocycles. The van der Waals surface area contributed by atoms with Crippen molar-refractivity contribution in [3.05, 3.63) is 47.3 Å². The zero-order valence-electron chi connectivity index (χ0n) is 10.3. The number of nitrogens with zero attached hydrogens (tertiary/aromatic N) is 1. The number of aromatic amines is 1. The largest absolute Gasteiger partial charge is 0.283 e. The molecule has 0 bridgehead atoms. The first kappa shape index (κ1) is 12.8. The van der Waals surface area contributed by atoms with Crippen LogP contribution in [0.25, 0.3) is 0 Å². The highest BCUT2D eigenvalue weighted by molar-refractivity contribution is 7.89. The lowest BCUT2D eigenvalue weighted by molar-refractivity contribution is 0.581. The zero-order chi connectivity index (χ0) is 13.2. The quantitative estimate of drug-likeness (QED) is 0.879. The third kappa shape index (κ3) is 2.77. The van der Waals surface area contributed by atoms with Gasteiger partial charge < -0.3 is 0 Å². The van der Waals surface area contributed by atoms with Crippen molar-refractivity contribution in [2.24, 2.45) is 0 Å². The monoisotopic (exact) mass is 265 g/mol. The highest BCUT2D eigenvalue weighted by Crippen LogP contribution is 2.11. The van der Waals surface area contributed by atoms with Crippen molar-refractivity contribution >= 4 is 10.0 Å². The summed E-state index contributed by atoms with van der Waals surface area (Å²) in [5.41, 5.74) is 2.73. The van der Waals surface area contributed by atoms with Gasteiger partial charge in [-0.3, -0.25) is 5.10 Å². The van der Waals surface area contributed by atoms with Gasteiger partial charge >= 0.3 is 0 Å². The maximum absolute atomic E-state index is 12.0. The van der Waals surface area contributed by atoms with Crippen LogP contribution in [0.15, 0.2) is 35.4 Å². The van der Waals surface area contributed by atoms with E-state index in [9.17, 15) is 8.42 Å². The van der Waals surface area contributed by atoms with Crippen molar-refractivity contribution in [1.82, 2.24) is 14.9 Å². The Bertz CT molecular complexity index is 630. The second kappa shape index (κ2) is 4.91. The molecule has 0 radical (unpaired) electrons. The molecular formula is C12H15N3O2S. The minimum absolute atomic E-state index is 0.235. The number of nitrogens with one attached hydrogen (secondary N) is 2. The molecule has 0 aliphatic rings. The highest BCUT2D eigenvalue weighted by Gasteiger charge is 2.14. The van der Waals surface area contributed by atoms with Crippen LogP contribution in [0.1, 0.15) is 16.8 Å². The molecule has 2 rings (SSSR count). The van der Waals surface area contributed by atoms with Gasteiger partial charge in [-0.1, -0.05) is 17.7 Å². The lowest BCUT2D eigenvalue weighted by Gasteiger charge is -2.06. The molecule has 0 spiro atoms. The van der Waals surface area contributed by atoms with Gasteiger partial charge in [0, 0.05) is 17.8 Å². The number of rotatable bonds is 4. The standard InChI is InChI=1S/C12H15N3O2S/c1-9-3-5-12(6-4-9)18(16,17)14-8-11-7-13-15-10(11)2/h3-7,14H,8H2,1-2H3,(H,13,15). The second-order valence-corrected chi connectivity index (χ2v) is 5.92. The Morgan fingerprint density at radius 1 is 1.22 bits per heavy atom. The summed E-state index contributed by atoms with van der Waals surface area (Å²) in [6, 6.07) is 6.75. The van der Waals surface area contributed by atoms with Crippen molar-refractivity contribution in [2.45, 2.75) is 25.3 Å². The molecule has 0 aliphatic carbocycles. The van der Waals surface area contributed by atoms with E-state index in [1.54, 1.807) is 30.5 Å². The van der Waals surface area contributed by atoms with Gasteiger partial charge in [0.05, 0.1) is 11.1 Å². The summed E-state index contributed by atoms with van der Waals surface area (Å²) < 4.78 is 26.6. The molecule has 6 heteroatoms. The van der Waals surface area contributed by atoms with Crippen LogP contribution in [0.3, 0.4) is 0 Å². The number of aryl methyl sites for hydroxylation is 2. The SMILES string of the molecule is Cc1ccc(S(=O)(=O)NCc2cn[nH]c2C)cc1. The number of benzene rings is 1. The predicted octanol–water partition coefficient (Wildman–Crippen LogP) is 1.51. The molecule has 0 aliphatic heterocycles. The predicted molar refractivity (Wildman–Crippen MR) is 68.5 cm³/mol. The molecular weight excluding hydrogens is 250 g/mol. The van der Waals surface area contributed by atoms with E-state index in [-0.39, 0.29) is 11.4 Å². The molecule has 1 aromatic carbocycles. The lowest BCUT2D eigenvalue weighted by Crippen LogP contribution is -2.23. The fourth-order valence-electron chi connectivity index (χ4n) is 1.53. The maximum Gasteiger partial charge on any atom is 0.240 e. The molecule has 0 amide bonds. The normalized spacial score (nSPS) is 11.7. The Kier molecular flexibility index (Phi) is 3.49. The number of aromatic nitrogens is 2. The molecule has 1 heterocycles. The van der Waals surface area contributed by atoms with Crippen molar-refractivity contribution in [3.8, 4) is 0 Å². The van der Waals surface area contributed by atoms with Gasteiger partial charge in [-0.15, -0.1) is 0 Å². The minimum Gasteiger partial charge on any atom is -0.283 e. The van der Waals surface area contributed by atoms with E-state index in [1.165, 1.54) is 0 Å². The van der Waals surface area contributed by atoms with E-state index >= 15 is 0 Å². The molecule has 2 aromatic rings. The summed E-state index contributed by atoms with van der Waals surface area (Å²) in [6.45, 7) is 4.00. The molecule has 96 valence electrons. The van der Waals surface area contributed by atoms with Crippen LogP contribution in [0.2, 0.25) is 0 Å². The summed E-state index contributed by atoms with van der Waals surface area (Å²) in [7, 11) is -3.46. The highest BCUT2D eigenvalue weighted by atomic mass is 32.2. The Morgan fingerprint density at radius 3 is 2.44 bits per heavy atom. The molecule has 5 nitrogen and oxygen atoms in total. The number of sulfonamides is 1. The Morgan fingerprint density at radius 2 is 1.89 bits per heavy atom. The van der Waals surface area contributed by atoms with Gasteiger partial charge in [-0.25, -0.2) is 13.1 Å². The Hall–Kier alpha value is -1.66. The number of hydrogen-bond donors (Lipinski definition) is 2. The van der Waals surface area contributed by atoms with Crippen LogP contribution in [0.5, 0.6) is 0 Å². The van der Waals surface area contributed by atoms with Crippen LogP contribution >= 0.6 is 0 Å². The van der Waals surface area contributed by atoms with Crippen molar-refractivity contribution in [3.63, 3.8) is 0 Å². The molecule has 2 N–H and O–H groups in total. The maximum atomic E-state index is 12.0. The summed E-state index contributed by atoms with van der Waals surface area (Å²) in [4.78, 5) is 0.272. The van der Waals surface area contributed by atoms with Gasteiger partial charge in [0.1, 0.15) is 0 Å². The van der Waals surface area contributed by atoms with E-state index < -0.39 is 10.0 Å². The first-order valence-corrected chi connectivity index (χ1v) is 7.02. The van der Waals surface area contributed by atoms with E-state index in [0.29, 0.717) is 0 Å². The fraction of sp³-hybridized carbons (Fsp3) is 0.250. The summed E-state index contributed by atoms with van der Waals surface area (Å²) in [5, 5.41) is 6.61. The van der Waals surface area contributed by atoms with Gasteiger partial charge in [0.25, 0.3) is 0 Å². The van der Waals surface area contributed by atoms with Crippen molar-refractivity contribution in [2.75, 3.05) is 0 Å². The van der Waals surface area contributed by atoms with E-state index in [4.69, 9.17) is 0 Å². The van der Waals surface area contributed by atoms with Crippen LogP contribution in [-0.4, -0.2) is 18.6 Å². The molecule has 18 heavy (non-hydrogen) atoms. The lowest BCUT2D eigenvalue weighted by atomic mass is 10.2. The third-order valence-corrected chi connectivity index (χ3v) is 4.14. The van der Waals surface area contributed by atoms with Gasteiger partial charge in [-0.05, 0) is 26.0 Å². The van der Waals surface area contributed by atoms with Crippen LogP contribution in [-0.2, 0) is 16.6 Å². The first-order valence-electron chi connectivity index (χ1n) is 5.54. The van der Waals surface area contributed by atoms with Crippen LogP contribution in [0.4, 0.5) is 0 Å². The summed E-state index contributed by atoms with van der Waals surface area (Å²) in [5.74, 6) is 0. The fourth-order valence-corrected chi connectivity index (χ4v) is 2.53. The van der Waals surface area contributed by atoms with Crippen LogP contribution < -0.4 is 4.72 Å². The molecule has 0 unspecified atom stereocenters. The average Bonchev–Trinajstić information content (AvgIpc) is 2.73. The Balaban J connectivity index is 2.13. The number of H-pyrrole nitrogens is 1. The zero-order valence-corrected chi connectivity index (χ0v) is 11.1. The van der Waals surface area contributed by atoms with E-state index in [1.807, 2.05) is 13.8 Å². The second-order valence-electron chi connectivity index (χ2n) is 4.16. The van der Waals surface area contributed by atoms with Crippen molar-refractivity contribution < 1.29 is 8.42 Å². The number of hydrogen-bond acceptors (Lipinski definition) is 3. The molecule has 0 atom stereocenters. The van der Waals surface area contributed by atoms with Crippen LogP contribution in [0, 0.1) is 13.8 Å². The third-order valence-electron chi connectivity index (χ3n) is 2.72. The minimum atomic E-state index is -3.46. The van der Waals surface area contributed by atoms with Crippen molar-refractivity contribution in [1.29, 1.82) is 0 Å². The van der Waals surface area contributed by atoms with E-state index in [2.05, 4.69) is 14.9 Å². The topological polar surface area (TPSA) is 74.8 Å². The van der Waals surface area contributed by atoms with E-state index in [0.717, 1.165) is 16.8 Å². The van der Waals surface area contributed by atoms with Gasteiger partial charge in [0.2, 0.25) is 10.0 Å². The average molecular weight is 265 g/mol. The van der Waals surface area contributed by atoms with Gasteiger partial charge in [-0.2, -0.15) is 5.10 Å². The van der Waals surface area contributed by atoms with Gasteiger partial charge in [0.15, 0.2) is 0 Å².